The van der Waals surface area contributed by atoms with Gasteiger partial charge in [0.25, 0.3) is 0 Å². The fraction of sp³-hybridized carbons (Fsp3) is 0.870. The Morgan fingerprint density at radius 2 is 0.510 bits per heavy atom. The minimum atomic E-state index is -4.97. The second kappa shape index (κ2) is 70.7. The predicted octanol–water partition coefficient (Wildman–Crippen LogP) is 22.3. The highest BCUT2D eigenvalue weighted by atomic mass is 31.2. The molecule has 0 aliphatic rings. The predicted molar refractivity (Wildman–Crippen MR) is 391 cm³/mol. The van der Waals surface area contributed by atoms with Gasteiger partial charge in [0, 0.05) is 25.7 Å². The van der Waals surface area contributed by atoms with Gasteiger partial charge in [-0.2, -0.15) is 0 Å². The first-order valence-electron chi connectivity index (χ1n) is 39.2. The number of rotatable bonds is 75. The number of carbonyl (C=O) groups excluding carboxylic acids is 4. The number of carbonyl (C=O) groups is 4. The monoisotopic (exact) mass is 1400 g/mol. The van der Waals surface area contributed by atoms with Gasteiger partial charge >= 0.3 is 39.5 Å². The minimum absolute atomic E-state index is 0.0881. The molecule has 0 fully saturated rings. The number of ether oxygens (including phenoxy) is 4. The van der Waals surface area contributed by atoms with Crippen molar-refractivity contribution in [3.05, 3.63) is 36.5 Å². The van der Waals surface area contributed by atoms with Gasteiger partial charge < -0.3 is 33.8 Å². The third-order valence-corrected chi connectivity index (χ3v) is 19.0. The molecule has 0 aliphatic carbocycles. The number of unbranched alkanes of at least 4 members (excludes halogenated alkanes) is 43. The van der Waals surface area contributed by atoms with Gasteiger partial charge in [-0.3, -0.25) is 37.3 Å². The average molecular weight is 1400 g/mol. The van der Waals surface area contributed by atoms with Crippen molar-refractivity contribution in [3.63, 3.8) is 0 Å². The van der Waals surface area contributed by atoms with E-state index in [-0.39, 0.29) is 25.7 Å². The molecule has 96 heavy (non-hydrogen) atoms. The maximum atomic E-state index is 13.1. The fourth-order valence-electron chi connectivity index (χ4n) is 11.1. The van der Waals surface area contributed by atoms with E-state index in [1.807, 2.05) is 0 Å². The lowest BCUT2D eigenvalue weighted by Gasteiger charge is -2.21. The standard InChI is InChI=1S/C77H144O17P2/c1-5-9-13-17-21-25-29-33-35-39-42-46-50-54-58-62-75(80)88-68-73(94-77(82)64-60-56-52-48-44-40-36-34-30-26-22-18-14-10-6-2)70-92-96(85,86)90-66-71(78)65-89-95(83,84)91-69-72(93-76(81)63-59-55-51-47-43-38-32-28-24-20-16-12-8-4)67-87-74(79)61-57-53-49-45-41-37-31-27-23-19-15-11-7-3/h21,25,33-36,71-73,78H,5-20,22-24,26-32,37-70H2,1-4H3,(H,83,84)(H,85,86)/b25-21-,35-33-,36-34-/t71-,72-,73-/m1/s1. The van der Waals surface area contributed by atoms with E-state index in [0.717, 1.165) is 128 Å². The lowest BCUT2D eigenvalue weighted by Crippen LogP contribution is -2.30. The van der Waals surface area contributed by atoms with E-state index >= 15 is 0 Å². The van der Waals surface area contributed by atoms with Crippen LogP contribution in [0.1, 0.15) is 374 Å². The van der Waals surface area contributed by atoms with Crippen LogP contribution in [0.25, 0.3) is 0 Å². The van der Waals surface area contributed by atoms with Crippen LogP contribution < -0.4 is 0 Å². The zero-order valence-electron chi connectivity index (χ0n) is 61.6. The number of esters is 4. The summed E-state index contributed by atoms with van der Waals surface area (Å²) in [6, 6.07) is 0. The van der Waals surface area contributed by atoms with Crippen molar-refractivity contribution < 1.29 is 80.2 Å². The topological polar surface area (TPSA) is 237 Å². The molecule has 0 spiro atoms. The Balaban J connectivity index is 5.31. The second-order valence-corrected chi connectivity index (χ2v) is 29.6. The number of phosphoric ester groups is 2. The Morgan fingerprint density at radius 3 is 0.802 bits per heavy atom. The van der Waals surface area contributed by atoms with Gasteiger partial charge in [0.05, 0.1) is 26.4 Å². The molecule has 564 valence electrons. The van der Waals surface area contributed by atoms with Crippen LogP contribution in [0.5, 0.6) is 0 Å². The summed E-state index contributed by atoms with van der Waals surface area (Å²) in [5.74, 6) is -2.16. The van der Waals surface area contributed by atoms with Gasteiger partial charge in [-0.15, -0.1) is 0 Å². The number of phosphoric acid groups is 2. The molecule has 0 amide bonds. The van der Waals surface area contributed by atoms with Crippen LogP contribution >= 0.6 is 15.6 Å². The van der Waals surface area contributed by atoms with E-state index in [2.05, 4.69) is 64.2 Å². The molecule has 17 nitrogen and oxygen atoms in total. The largest absolute Gasteiger partial charge is 0.472 e. The van der Waals surface area contributed by atoms with Crippen molar-refractivity contribution in [1.82, 2.24) is 0 Å². The smallest absolute Gasteiger partial charge is 0.462 e. The van der Waals surface area contributed by atoms with E-state index < -0.39 is 97.5 Å². The summed E-state index contributed by atoms with van der Waals surface area (Å²) >= 11 is 0. The summed E-state index contributed by atoms with van der Waals surface area (Å²) in [6.07, 6.45) is 65.5. The zero-order valence-corrected chi connectivity index (χ0v) is 63.4. The van der Waals surface area contributed by atoms with Crippen LogP contribution in [0, 0.1) is 0 Å². The zero-order chi connectivity index (χ0) is 70.4. The molecule has 0 aliphatic heterocycles. The second-order valence-electron chi connectivity index (χ2n) is 26.7. The van der Waals surface area contributed by atoms with Crippen LogP contribution in [0.4, 0.5) is 0 Å². The molecule has 0 bridgehead atoms. The minimum Gasteiger partial charge on any atom is -0.462 e. The van der Waals surface area contributed by atoms with Crippen molar-refractivity contribution in [1.29, 1.82) is 0 Å². The lowest BCUT2D eigenvalue weighted by atomic mass is 10.0. The molecule has 19 heteroatoms. The fourth-order valence-corrected chi connectivity index (χ4v) is 12.7. The van der Waals surface area contributed by atoms with E-state index in [1.54, 1.807) is 0 Å². The van der Waals surface area contributed by atoms with Crippen LogP contribution in [0.3, 0.4) is 0 Å². The Kier molecular flexibility index (Phi) is 68.7. The van der Waals surface area contributed by atoms with Crippen LogP contribution in [-0.2, 0) is 65.4 Å². The van der Waals surface area contributed by atoms with Crippen molar-refractivity contribution in [2.45, 2.75) is 393 Å². The summed E-state index contributed by atoms with van der Waals surface area (Å²) in [5.41, 5.74) is 0. The Labute approximate surface area is 585 Å². The first-order chi connectivity index (χ1) is 46.7. The summed E-state index contributed by atoms with van der Waals surface area (Å²) in [7, 11) is -9.93. The molecule has 5 atom stereocenters. The molecule has 2 unspecified atom stereocenters. The number of hydrogen-bond acceptors (Lipinski definition) is 15. The number of aliphatic hydroxyl groups is 1. The first kappa shape index (κ1) is 93.3. The van der Waals surface area contributed by atoms with Gasteiger partial charge in [0.15, 0.2) is 12.2 Å². The van der Waals surface area contributed by atoms with E-state index in [4.69, 9.17) is 37.0 Å². The van der Waals surface area contributed by atoms with Gasteiger partial charge in [-0.05, 0) is 83.5 Å². The molecule has 0 radical (unpaired) electrons. The molecule has 3 N–H and O–H groups in total. The van der Waals surface area contributed by atoms with Gasteiger partial charge in [0.2, 0.25) is 0 Å². The van der Waals surface area contributed by atoms with Crippen LogP contribution in [-0.4, -0.2) is 96.7 Å². The van der Waals surface area contributed by atoms with Crippen molar-refractivity contribution >= 4 is 39.5 Å². The van der Waals surface area contributed by atoms with Crippen LogP contribution in [0.2, 0.25) is 0 Å². The summed E-state index contributed by atoms with van der Waals surface area (Å²) in [5, 5.41) is 10.6. The quantitative estimate of drug-likeness (QED) is 0.0169. The molecule has 0 rings (SSSR count). The summed E-state index contributed by atoms with van der Waals surface area (Å²) in [6.45, 7) is 4.90. The molecule has 0 aromatic heterocycles. The highest BCUT2D eigenvalue weighted by molar-refractivity contribution is 7.47. The number of hydrogen-bond donors (Lipinski definition) is 3. The third-order valence-electron chi connectivity index (χ3n) is 17.1. The maximum absolute atomic E-state index is 13.1. The van der Waals surface area contributed by atoms with Gasteiger partial charge in [-0.1, -0.05) is 302 Å². The SMILES string of the molecule is CCCCC/C=C\C/C=C\CCCCCCCC(=O)OC[C@H](COP(=O)(O)OC[C@H](O)COP(=O)(O)OC[C@@H](COC(=O)CCCCCCCCCCCCCCC)OC(=O)CCCCCCCCCCCCCCC)OC(=O)CCCCCCC/C=C\CCCCCCCC. The van der Waals surface area contributed by atoms with E-state index in [0.29, 0.717) is 25.7 Å². The lowest BCUT2D eigenvalue weighted by molar-refractivity contribution is -0.161. The summed E-state index contributed by atoms with van der Waals surface area (Å²) in [4.78, 5) is 72.8. The van der Waals surface area contributed by atoms with Gasteiger partial charge in [0.1, 0.15) is 19.3 Å². The molecular formula is C77H144O17P2. The van der Waals surface area contributed by atoms with Crippen molar-refractivity contribution in [2.24, 2.45) is 0 Å². The normalized spacial score (nSPS) is 14.1. The van der Waals surface area contributed by atoms with Crippen LogP contribution in [0.15, 0.2) is 36.5 Å². The molecule has 0 aromatic carbocycles. The average Bonchev–Trinajstić information content (AvgIpc) is 1.36. The molecule has 0 saturated heterocycles. The summed E-state index contributed by atoms with van der Waals surface area (Å²) < 4.78 is 68.5. The molecule has 0 aromatic rings. The van der Waals surface area contributed by atoms with Crippen molar-refractivity contribution in [2.75, 3.05) is 39.6 Å². The Hall–Kier alpha value is -2.72. The maximum Gasteiger partial charge on any atom is 0.472 e. The van der Waals surface area contributed by atoms with E-state index in [9.17, 15) is 43.2 Å². The van der Waals surface area contributed by atoms with E-state index in [1.165, 1.54) is 167 Å². The third kappa shape index (κ3) is 69.7. The Bertz CT molecular complexity index is 1970. The molecule has 0 saturated carbocycles. The van der Waals surface area contributed by atoms with Crippen molar-refractivity contribution in [3.8, 4) is 0 Å². The number of aliphatic hydroxyl groups excluding tert-OH is 1. The first-order valence-corrected chi connectivity index (χ1v) is 42.2. The molecule has 0 heterocycles. The molecular weight excluding hydrogens is 1260 g/mol. The van der Waals surface area contributed by atoms with Gasteiger partial charge in [-0.25, -0.2) is 9.13 Å². The number of allylic oxidation sites excluding steroid dienone is 6. The highest BCUT2D eigenvalue weighted by Crippen LogP contribution is 2.45. The Morgan fingerprint density at radius 1 is 0.292 bits per heavy atom. The highest BCUT2D eigenvalue weighted by Gasteiger charge is 2.30.